The van der Waals surface area contributed by atoms with Crippen LogP contribution < -0.4 is 5.32 Å². The fraction of sp³-hybridized carbons (Fsp3) is 0.292. The van der Waals surface area contributed by atoms with Gasteiger partial charge in [-0.2, -0.15) is 0 Å². The predicted molar refractivity (Wildman–Crippen MR) is 116 cm³/mol. The molecule has 0 spiro atoms. The van der Waals surface area contributed by atoms with E-state index in [0.717, 1.165) is 16.7 Å². The first-order valence-electron chi connectivity index (χ1n) is 10.0. The van der Waals surface area contributed by atoms with Gasteiger partial charge in [-0.25, -0.2) is 0 Å². The highest BCUT2D eigenvalue weighted by molar-refractivity contribution is 5.96. The number of nitrogens with zero attached hydrogens (tertiary/aromatic N) is 2. The van der Waals surface area contributed by atoms with Crippen molar-refractivity contribution < 1.29 is 14.4 Å². The first kappa shape index (κ1) is 21.3. The average molecular weight is 405 g/mol. The molecule has 0 aliphatic carbocycles. The molecule has 30 heavy (non-hydrogen) atoms. The van der Waals surface area contributed by atoms with E-state index in [-0.39, 0.29) is 17.7 Å². The van der Waals surface area contributed by atoms with Gasteiger partial charge in [-0.05, 0) is 49.8 Å². The third-order valence-electron chi connectivity index (χ3n) is 5.18. The number of hydrogen-bond donors (Lipinski definition) is 1. The van der Waals surface area contributed by atoms with Gasteiger partial charge >= 0.3 is 0 Å². The third kappa shape index (κ3) is 5.14. The summed E-state index contributed by atoms with van der Waals surface area (Å²) in [6.45, 7) is 9.82. The van der Waals surface area contributed by atoms with Gasteiger partial charge < -0.3 is 15.1 Å². The Balaban J connectivity index is 1.56. The maximum absolute atomic E-state index is 12.8. The van der Waals surface area contributed by atoms with Crippen LogP contribution in [-0.2, 0) is 11.3 Å². The molecule has 2 aromatic carbocycles. The van der Waals surface area contributed by atoms with Gasteiger partial charge in [0.15, 0.2) is 0 Å². The molecule has 3 rings (SSSR count). The number of carbonyl (C=O) groups is 3. The van der Waals surface area contributed by atoms with E-state index in [0.29, 0.717) is 43.9 Å². The van der Waals surface area contributed by atoms with E-state index < -0.39 is 0 Å². The molecule has 1 heterocycles. The zero-order valence-corrected chi connectivity index (χ0v) is 17.5. The molecule has 1 N–H and O–H groups in total. The van der Waals surface area contributed by atoms with Crippen LogP contribution in [0.4, 0.5) is 0 Å². The molecule has 156 valence electrons. The van der Waals surface area contributed by atoms with Crippen LogP contribution in [0.1, 0.15) is 37.4 Å². The monoisotopic (exact) mass is 405 g/mol. The number of amides is 3. The van der Waals surface area contributed by atoms with Gasteiger partial charge in [0.1, 0.15) is 0 Å². The van der Waals surface area contributed by atoms with Crippen LogP contribution in [0, 0.1) is 13.8 Å². The highest BCUT2D eigenvalue weighted by Gasteiger charge is 2.25. The Kier molecular flexibility index (Phi) is 6.67. The molecule has 1 saturated heterocycles. The summed E-state index contributed by atoms with van der Waals surface area (Å²) in [5.41, 5.74) is 4.35. The summed E-state index contributed by atoms with van der Waals surface area (Å²) in [5.74, 6) is -0.265. The van der Waals surface area contributed by atoms with Crippen molar-refractivity contribution in [2.45, 2.75) is 20.4 Å². The quantitative estimate of drug-likeness (QED) is 0.778. The van der Waals surface area contributed by atoms with Crippen LogP contribution in [-0.4, -0.2) is 53.7 Å². The van der Waals surface area contributed by atoms with Gasteiger partial charge in [-0.3, -0.25) is 14.4 Å². The topological polar surface area (TPSA) is 69.7 Å². The summed E-state index contributed by atoms with van der Waals surface area (Å²) in [6, 6.07) is 13.1. The number of benzene rings is 2. The molecular weight excluding hydrogens is 378 g/mol. The second-order valence-corrected chi connectivity index (χ2v) is 7.58. The Bertz CT molecular complexity index is 938. The molecule has 6 nitrogen and oxygen atoms in total. The number of rotatable bonds is 5. The predicted octanol–water partition coefficient (Wildman–Crippen LogP) is 2.70. The Morgan fingerprint density at radius 1 is 0.867 bits per heavy atom. The van der Waals surface area contributed by atoms with E-state index in [4.69, 9.17) is 0 Å². The lowest BCUT2D eigenvalue weighted by atomic mass is 10.1. The minimum absolute atomic E-state index is 0.0137. The second-order valence-electron chi connectivity index (χ2n) is 7.58. The lowest BCUT2D eigenvalue weighted by molar-refractivity contribution is -0.116. The lowest BCUT2D eigenvalue weighted by Gasteiger charge is -2.35. The van der Waals surface area contributed by atoms with E-state index in [1.54, 1.807) is 17.0 Å². The van der Waals surface area contributed by atoms with Gasteiger partial charge in [0.25, 0.3) is 11.8 Å². The van der Waals surface area contributed by atoms with Crippen molar-refractivity contribution in [3.63, 3.8) is 0 Å². The Morgan fingerprint density at radius 3 is 1.87 bits per heavy atom. The largest absolute Gasteiger partial charge is 0.348 e. The average Bonchev–Trinajstić information content (AvgIpc) is 2.76. The molecule has 2 aromatic rings. The van der Waals surface area contributed by atoms with E-state index in [1.165, 1.54) is 6.08 Å². The Morgan fingerprint density at radius 2 is 1.37 bits per heavy atom. The van der Waals surface area contributed by atoms with Crippen LogP contribution in [0.5, 0.6) is 0 Å². The maximum atomic E-state index is 12.8. The van der Waals surface area contributed by atoms with E-state index in [9.17, 15) is 14.4 Å². The third-order valence-corrected chi connectivity index (χ3v) is 5.18. The number of piperazine rings is 1. The second kappa shape index (κ2) is 9.39. The summed E-state index contributed by atoms with van der Waals surface area (Å²) in [6.07, 6.45) is 1.22. The van der Waals surface area contributed by atoms with Crippen LogP contribution in [0.15, 0.2) is 55.1 Å². The normalized spacial score (nSPS) is 13.7. The smallest absolute Gasteiger partial charge is 0.253 e. The molecule has 0 saturated carbocycles. The highest BCUT2D eigenvalue weighted by Crippen LogP contribution is 2.15. The molecule has 0 bridgehead atoms. The van der Waals surface area contributed by atoms with Crippen molar-refractivity contribution >= 4 is 17.7 Å². The van der Waals surface area contributed by atoms with E-state index in [2.05, 4.69) is 11.9 Å². The van der Waals surface area contributed by atoms with Gasteiger partial charge in [0.2, 0.25) is 5.91 Å². The van der Waals surface area contributed by atoms with Gasteiger partial charge in [-0.1, -0.05) is 35.9 Å². The number of hydrogen-bond acceptors (Lipinski definition) is 3. The van der Waals surface area contributed by atoms with Crippen molar-refractivity contribution in [2.75, 3.05) is 26.2 Å². The Hall–Kier alpha value is -3.41. The molecule has 1 aliphatic rings. The number of nitrogens with one attached hydrogen (secondary N) is 1. The van der Waals surface area contributed by atoms with Crippen molar-refractivity contribution in [3.05, 3.63) is 82.9 Å². The minimum atomic E-state index is -0.233. The fourth-order valence-corrected chi connectivity index (χ4v) is 3.60. The summed E-state index contributed by atoms with van der Waals surface area (Å²) in [7, 11) is 0. The minimum Gasteiger partial charge on any atom is -0.348 e. The number of aryl methyl sites for hydroxylation is 2. The molecule has 0 radical (unpaired) electrons. The lowest BCUT2D eigenvalue weighted by Crippen LogP contribution is -2.50. The molecule has 6 heteroatoms. The highest BCUT2D eigenvalue weighted by atomic mass is 16.2. The van der Waals surface area contributed by atoms with Crippen LogP contribution in [0.25, 0.3) is 0 Å². The van der Waals surface area contributed by atoms with Crippen molar-refractivity contribution in [2.24, 2.45) is 0 Å². The number of carbonyl (C=O) groups excluding carboxylic acids is 3. The summed E-state index contributed by atoms with van der Waals surface area (Å²) < 4.78 is 0. The van der Waals surface area contributed by atoms with E-state index in [1.807, 2.05) is 49.1 Å². The van der Waals surface area contributed by atoms with Crippen LogP contribution in [0.3, 0.4) is 0 Å². The molecule has 0 aromatic heterocycles. The summed E-state index contributed by atoms with van der Waals surface area (Å²) >= 11 is 0. The van der Waals surface area contributed by atoms with Crippen molar-refractivity contribution in [1.82, 2.24) is 15.1 Å². The van der Waals surface area contributed by atoms with Crippen molar-refractivity contribution in [1.29, 1.82) is 0 Å². The zero-order chi connectivity index (χ0) is 21.7. The SMILES string of the molecule is C=CC(=O)NCc1ccc(C(=O)N2CCN(C(=O)c3cc(C)cc(C)c3)CC2)cc1. The van der Waals surface area contributed by atoms with Crippen LogP contribution in [0.2, 0.25) is 0 Å². The van der Waals surface area contributed by atoms with Crippen molar-refractivity contribution in [3.8, 4) is 0 Å². The standard InChI is InChI=1S/C24H27N3O3/c1-4-22(28)25-16-19-5-7-20(8-6-19)23(29)26-9-11-27(12-10-26)24(30)21-14-17(2)13-18(3)15-21/h4-8,13-15H,1,9-12,16H2,2-3H3,(H,25,28). The molecule has 1 fully saturated rings. The van der Waals surface area contributed by atoms with Gasteiger partial charge in [0, 0.05) is 43.9 Å². The fourth-order valence-electron chi connectivity index (χ4n) is 3.60. The molecule has 1 aliphatic heterocycles. The summed E-state index contributed by atoms with van der Waals surface area (Å²) in [5, 5.41) is 2.71. The summed E-state index contributed by atoms with van der Waals surface area (Å²) in [4.78, 5) is 40.4. The maximum Gasteiger partial charge on any atom is 0.253 e. The van der Waals surface area contributed by atoms with Crippen LogP contribution >= 0.6 is 0 Å². The van der Waals surface area contributed by atoms with Gasteiger partial charge in [-0.15, -0.1) is 0 Å². The molecule has 3 amide bonds. The van der Waals surface area contributed by atoms with E-state index >= 15 is 0 Å². The zero-order valence-electron chi connectivity index (χ0n) is 17.5. The molecule has 0 unspecified atom stereocenters. The molecule has 0 atom stereocenters. The first-order valence-corrected chi connectivity index (χ1v) is 10.0. The molecular formula is C24H27N3O3. The van der Waals surface area contributed by atoms with Gasteiger partial charge in [0.05, 0.1) is 0 Å². The Labute approximate surface area is 177 Å². The first-order chi connectivity index (χ1) is 14.4.